The van der Waals surface area contributed by atoms with E-state index in [9.17, 15) is 0 Å². The van der Waals surface area contributed by atoms with Gasteiger partial charge in [-0.3, -0.25) is 9.97 Å². The SMILES string of the molecule is CCNC(Cc1sccc1Br)c1cccc2nccnc12. The summed E-state index contributed by atoms with van der Waals surface area (Å²) in [6.45, 7) is 3.05. The molecule has 3 rings (SSSR count). The molecule has 1 atom stereocenters. The summed E-state index contributed by atoms with van der Waals surface area (Å²) >= 11 is 5.40. The van der Waals surface area contributed by atoms with Crippen molar-refractivity contribution < 1.29 is 0 Å². The van der Waals surface area contributed by atoms with Gasteiger partial charge in [-0.2, -0.15) is 0 Å². The lowest BCUT2D eigenvalue weighted by atomic mass is 10.0. The zero-order valence-electron chi connectivity index (χ0n) is 11.7. The summed E-state index contributed by atoms with van der Waals surface area (Å²) in [6.07, 6.45) is 4.45. The smallest absolute Gasteiger partial charge is 0.0934 e. The van der Waals surface area contributed by atoms with Gasteiger partial charge in [0.2, 0.25) is 0 Å². The minimum atomic E-state index is 0.241. The Kier molecular flexibility index (Phi) is 4.63. The minimum absolute atomic E-state index is 0.241. The molecule has 108 valence electrons. The topological polar surface area (TPSA) is 37.8 Å². The molecule has 2 aromatic heterocycles. The molecule has 0 saturated heterocycles. The third-order valence-electron chi connectivity index (χ3n) is 3.44. The highest BCUT2D eigenvalue weighted by molar-refractivity contribution is 9.10. The largest absolute Gasteiger partial charge is 0.310 e. The second-order valence-electron chi connectivity index (χ2n) is 4.78. The van der Waals surface area contributed by atoms with Gasteiger partial charge in [-0.05, 0) is 45.6 Å². The first-order valence-corrected chi connectivity index (χ1v) is 8.61. The Hall–Kier alpha value is -1.30. The number of aromatic nitrogens is 2. The van der Waals surface area contributed by atoms with E-state index in [2.05, 4.69) is 61.7 Å². The number of nitrogens with zero attached hydrogens (tertiary/aromatic N) is 2. The third kappa shape index (κ3) is 3.15. The molecule has 0 saturated carbocycles. The van der Waals surface area contributed by atoms with Gasteiger partial charge >= 0.3 is 0 Å². The molecule has 1 aromatic carbocycles. The van der Waals surface area contributed by atoms with Crippen molar-refractivity contribution in [1.29, 1.82) is 0 Å². The number of halogens is 1. The van der Waals surface area contributed by atoms with Crippen molar-refractivity contribution in [3.05, 3.63) is 57.0 Å². The number of hydrogen-bond acceptors (Lipinski definition) is 4. The van der Waals surface area contributed by atoms with Crippen molar-refractivity contribution in [2.45, 2.75) is 19.4 Å². The van der Waals surface area contributed by atoms with Crippen LogP contribution in [0.5, 0.6) is 0 Å². The molecule has 1 unspecified atom stereocenters. The Bertz CT molecular complexity index is 736. The first-order chi connectivity index (χ1) is 10.3. The number of likely N-dealkylation sites (N-methyl/N-ethyl adjacent to an activating group) is 1. The maximum atomic E-state index is 4.53. The molecule has 0 spiro atoms. The minimum Gasteiger partial charge on any atom is -0.310 e. The number of fused-ring (bicyclic) bond motifs is 1. The number of thiophene rings is 1. The van der Waals surface area contributed by atoms with E-state index in [4.69, 9.17) is 0 Å². The molecule has 3 aromatic rings. The van der Waals surface area contributed by atoms with Crippen LogP contribution in [-0.4, -0.2) is 16.5 Å². The number of para-hydroxylation sites is 1. The maximum Gasteiger partial charge on any atom is 0.0934 e. The fraction of sp³-hybridized carbons (Fsp3) is 0.250. The molecule has 3 nitrogen and oxygen atoms in total. The van der Waals surface area contributed by atoms with Crippen LogP contribution in [0, 0.1) is 0 Å². The highest BCUT2D eigenvalue weighted by atomic mass is 79.9. The average molecular weight is 362 g/mol. The highest BCUT2D eigenvalue weighted by Gasteiger charge is 2.17. The van der Waals surface area contributed by atoms with Gasteiger partial charge in [-0.15, -0.1) is 11.3 Å². The summed E-state index contributed by atoms with van der Waals surface area (Å²) in [7, 11) is 0. The van der Waals surface area contributed by atoms with Crippen LogP contribution in [0.2, 0.25) is 0 Å². The summed E-state index contributed by atoms with van der Waals surface area (Å²) in [4.78, 5) is 10.3. The summed E-state index contributed by atoms with van der Waals surface area (Å²) in [6, 6.07) is 8.55. The van der Waals surface area contributed by atoms with Gasteiger partial charge in [0, 0.05) is 34.2 Å². The molecule has 0 aliphatic rings. The van der Waals surface area contributed by atoms with E-state index in [0.29, 0.717) is 0 Å². The van der Waals surface area contributed by atoms with Crippen molar-refractivity contribution in [2.75, 3.05) is 6.54 Å². The molecular weight excluding hydrogens is 346 g/mol. The molecule has 5 heteroatoms. The second-order valence-corrected chi connectivity index (χ2v) is 6.63. The van der Waals surface area contributed by atoms with Crippen LogP contribution in [0.15, 0.2) is 46.5 Å². The lowest BCUT2D eigenvalue weighted by Crippen LogP contribution is -2.23. The second kappa shape index (κ2) is 6.64. The Morgan fingerprint density at radius 1 is 1.24 bits per heavy atom. The van der Waals surface area contributed by atoms with Crippen LogP contribution < -0.4 is 5.32 Å². The van der Waals surface area contributed by atoms with E-state index < -0.39 is 0 Å². The molecular formula is C16H16BrN3S. The number of nitrogens with one attached hydrogen (secondary N) is 1. The standard InChI is InChI=1S/C16H16BrN3S/c1-2-18-14(10-15-12(17)6-9-21-15)11-4-3-5-13-16(11)20-8-7-19-13/h3-9,14,18H,2,10H2,1H3. The molecule has 0 radical (unpaired) electrons. The molecule has 2 heterocycles. The van der Waals surface area contributed by atoms with Crippen LogP contribution in [0.25, 0.3) is 11.0 Å². The van der Waals surface area contributed by atoms with Gasteiger partial charge in [-0.1, -0.05) is 19.1 Å². The predicted octanol–water partition coefficient (Wildman–Crippen LogP) is 4.35. The normalized spacial score (nSPS) is 12.7. The molecule has 1 N–H and O–H groups in total. The maximum absolute atomic E-state index is 4.53. The van der Waals surface area contributed by atoms with Crippen LogP contribution in [0.1, 0.15) is 23.4 Å². The summed E-state index contributed by atoms with van der Waals surface area (Å²) in [5.74, 6) is 0. The predicted molar refractivity (Wildman–Crippen MR) is 91.7 cm³/mol. The van der Waals surface area contributed by atoms with E-state index in [1.54, 1.807) is 23.7 Å². The third-order valence-corrected chi connectivity index (χ3v) is 5.39. The fourth-order valence-corrected chi connectivity index (χ4v) is 4.05. The van der Waals surface area contributed by atoms with Crippen molar-refractivity contribution in [1.82, 2.24) is 15.3 Å². The molecule has 0 fully saturated rings. The Balaban J connectivity index is 2.01. The molecule has 0 bridgehead atoms. The summed E-state index contributed by atoms with van der Waals surface area (Å²) < 4.78 is 1.18. The van der Waals surface area contributed by atoms with Crippen LogP contribution in [-0.2, 0) is 6.42 Å². The van der Waals surface area contributed by atoms with Gasteiger partial charge < -0.3 is 5.32 Å². The summed E-state index contributed by atoms with van der Waals surface area (Å²) in [5, 5.41) is 5.69. The lowest BCUT2D eigenvalue weighted by Gasteiger charge is -2.19. The first kappa shape index (κ1) is 14.6. The van der Waals surface area contributed by atoms with E-state index in [1.165, 1.54) is 14.9 Å². The van der Waals surface area contributed by atoms with Crippen molar-refractivity contribution in [3.63, 3.8) is 0 Å². The van der Waals surface area contributed by atoms with Crippen molar-refractivity contribution in [3.8, 4) is 0 Å². The van der Waals surface area contributed by atoms with Gasteiger partial charge in [0.15, 0.2) is 0 Å². The van der Waals surface area contributed by atoms with Gasteiger partial charge in [0.05, 0.1) is 11.0 Å². The quantitative estimate of drug-likeness (QED) is 0.733. The van der Waals surface area contributed by atoms with Gasteiger partial charge in [0.1, 0.15) is 0 Å². The fourth-order valence-electron chi connectivity index (χ4n) is 2.49. The Morgan fingerprint density at radius 3 is 2.86 bits per heavy atom. The first-order valence-electron chi connectivity index (χ1n) is 6.94. The van der Waals surface area contributed by atoms with Gasteiger partial charge in [0.25, 0.3) is 0 Å². The molecule has 0 amide bonds. The average Bonchev–Trinajstić information content (AvgIpc) is 2.91. The Morgan fingerprint density at radius 2 is 2.10 bits per heavy atom. The number of benzene rings is 1. The van der Waals surface area contributed by atoms with Crippen molar-refractivity contribution in [2.24, 2.45) is 0 Å². The highest BCUT2D eigenvalue weighted by Crippen LogP contribution is 2.30. The van der Waals surface area contributed by atoms with Crippen LogP contribution in [0.3, 0.4) is 0 Å². The molecule has 0 aliphatic carbocycles. The zero-order valence-corrected chi connectivity index (χ0v) is 14.1. The van der Waals surface area contributed by atoms with Crippen LogP contribution in [0.4, 0.5) is 0 Å². The van der Waals surface area contributed by atoms with Crippen molar-refractivity contribution >= 4 is 38.3 Å². The molecule has 0 aliphatic heterocycles. The van der Waals surface area contributed by atoms with Gasteiger partial charge in [-0.25, -0.2) is 0 Å². The van der Waals surface area contributed by atoms with E-state index >= 15 is 0 Å². The zero-order chi connectivity index (χ0) is 14.7. The Labute approximate surface area is 136 Å². The van der Waals surface area contributed by atoms with E-state index in [0.717, 1.165) is 24.0 Å². The molecule has 21 heavy (non-hydrogen) atoms. The lowest BCUT2D eigenvalue weighted by molar-refractivity contribution is 0.555. The van der Waals surface area contributed by atoms with E-state index in [-0.39, 0.29) is 6.04 Å². The monoisotopic (exact) mass is 361 g/mol. The van der Waals surface area contributed by atoms with Crippen LogP contribution >= 0.6 is 27.3 Å². The van der Waals surface area contributed by atoms with E-state index in [1.807, 2.05) is 6.07 Å². The number of hydrogen-bond donors (Lipinski definition) is 1. The summed E-state index contributed by atoms with van der Waals surface area (Å²) in [5.41, 5.74) is 3.14. The number of rotatable bonds is 5.